The van der Waals surface area contributed by atoms with E-state index in [1.807, 2.05) is 43.3 Å². The van der Waals surface area contributed by atoms with E-state index in [0.717, 1.165) is 11.1 Å². The Labute approximate surface area is 112 Å². The summed E-state index contributed by atoms with van der Waals surface area (Å²) >= 11 is 6.32. The van der Waals surface area contributed by atoms with Crippen LogP contribution in [-0.2, 0) is 0 Å². The molecule has 0 fully saturated rings. The normalized spacial score (nSPS) is 14.2. The lowest BCUT2D eigenvalue weighted by atomic mass is 10.0. The molecule has 0 aliphatic carbocycles. The molecule has 94 valence electrons. The van der Waals surface area contributed by atoms with Crippen molar-refractivity contribution in [3.8, 4) is 0 Å². The summed E-state index contributed by atoms with van der Waals surface area (Å²) in [6.45, 7) is 2.04. The first kappa shape index (κ1) is 13.1. The fourth-order valence-corrected chi connectivity index (χ4v) is 2.13. The van der Waals surface area contributed by atoms with Crippen molar-refractivity contribution in [2.75, 3.05) is 0 Å². The van der Waals surface area contributed by atoms with E-state index in [-0.39, 0.29) is 5.38 Å². The molecule has 2 atom stereocenters. The molecule has 2 rings (SSSR count). The lowest BCUT2D eigenvalue weighted by Gasteiger charge is -2.15. The molecule has 0 amide bonds. The topological polar surface area (TPSA) is 33.1 Å². The maximum absolute atomic E-state index is 10.1. The smallest absolute Gasteiger partial charge is 0.0822 e. The van der Waals surface area contributed by atoms with Crippen LogP contribution in [0, 0.1) is 6.92 Å². The lowest BCUT2D eigenvalue weighted by molar-refractivity contribution is 0.166. The number of hydrogen-bond acceptors (Lipinski definition) is 2. The molecule has 0 radical (unpaired) electrons. The third kappa shape index (κ3) is 3.31. The Morgan fingerprint density at radius 3 is 2.50 bits per heavy atom. The number of benzene rings is 1. The molecule has 2 aromatic rings. The standard InChI is InChI=1S/C15H16ClNO/c1-11-4-6-12(7-5-11)14(16)9-15(18)13-3-2-8-17-10-13/h2-8,10,14-15,18H,9H2,1H3/t14-,15-/m1/s1. The number of aromatic nitrogens is 1. The summed E-state index contributed by atoms with van der Waals surface area (Å²) in [6, 6.07) is 11.7. The molecule has 2 nitrogen and oxygen atoms in total. The van der Waals surface area contributed by atoms with Crippen LogP contribution >= 0.6 is 11.6 Å². The second-order valence-electron chi connectivity index (χ2n) is 4.42. The van der Waals surface area contributed by atoms with Crippen molar-refractivity contribution in [1.29, 1.82) is 0 Å². The summed E-state index contributed by atoms with van der Waals surface area (Å²) in [5.74, 6) is 0. The van der Waals surface area contributed by atoms with E-state index in [4.69, 9.17) is 11.6 Å². The van der Waals surface area contributed by atoms with Crippen molar-refractivity contribution >= 4 is 11.6 Å². The summed E-state index contributed by atoms with van der Waals surface area (Å²) in [4.78, 5) is 3.99. The molecule has 0 bridgehead atoms. The van der Waals surface area contributed by atoms with Crippen LogP contribution in [0.5, 0.6) is 0 Å². The number of aliphatic hydroxyl groups excluding tert-OH is 1. The van der Waals surface area contributed by atoms with E-state index in [1.54, 1.807) is 12.4 Å². The van der Waals surface area contributed by atoms with Gasteiger partial charge in [-0.2, -0.15) is 0 Å². The van der Waals surface area contributed by atoms with Crippen LogP contribution in [0.4, 0.5) is 0 Å². The van der Waals surface area contributed by atoms with Crippen LogP contribution < -0.4 is 0 Å². The van der Waals surface area contributed by atoms with E-state index in [0.29, 0.717) is 6.42 Å². The maximum Gasteiger partial charge on any atom is 0.0822 e. The first-order chi connectivity index (χ1) is 8.66. The molecule has 3 heteroatoms. The zero-order chi connectivity index (χ0) is 13.0. The van der Waals surface area contributed by atoms with Gasteiger partial charge in [-0.1, -0.05) is 35.9 Å². The predicted octanol–water partition coefficient (Wildman–Crippen LogP) is 3.79. The SMILES string of the molecule is Cc1ccc([C@H](Cl)C[C@@H](O)c2cccnc2)cc1. The highest BCUT2D eigenvalue weighted by molar-refractivity contribution is 6.20. The maximum atomic E-state index is 10.1. The van der Waals surface area contributed by atoms with Gasteiger partial charge in [0.05, 0.1) is 11.5 Å². The summed E-state index contributed by atoms with van der Waals surface area (Å²) in [5.41, 5.74) is 3.04. The molecule has 1 aromatic heterocycles. The third-order valence-corrected chi connectivity index (χ3v) is 3.37. The minimum atomic E-state index is -0.581. The summed E-state index contributed by atoms with van der Waals surface area (Å²) in [7, 11) is 0. The highest BCUT2D eigenvalue weighted by atomic mass is 35.5. The fraction of sp³-hybridized carbons (Fsp3) is 0.267. The van der Waals surface area contributed by atoms with Gasteiger partial charge in [0.2, 0.25) is 0 Å². The lowest BCUT2D eigenvalue weighted by Crippen LogP contribution is -2.02. The van der Waals surface area contributed by atoms with Crippen molar-refractivity contribution in [2.24, 2.45) is 0 Å². The Kier molecular flexibility index (Phi) is 4.34. The molecule has 1 N–H and O–H groups in total. The molecule has 0 aliphatic rings. The van der Waals surface area contributed by atoms with E-state index < -0.39 is 6.10 Å². The number of alkyl halides is 1. The van der Waals surface area contributed by atoms with Crippen LogP contribution in [0.3, 0.4) is 0 Å². The number of hydrogen-bond donors (Lipinski definition) is 1. The van der Waals surface area contributed by atoms with Crippen molar-refractivity contribution in [2.45, 2.75) is 24.8 Å². The molecular weight excluding hydrogens is 246 g/mol. The number of nitrogens with zero attached hydrogens (tertiary/aromatic N) is 1. The van der Waals surface area contributed by atoms with E-state index in [2.05, 4.69) is 4.98 Å². The first-order valence-corrected chi connectivity index (χ1v) is 6.39. The molecule has 0 saturated carbocycles. The number of aliphatic hydroxyl groups is 1. The van der Waals surface area contributed by atoms with Gasteiger partial charge >= 0.3 is 0 Å². The third-order valence-electron chi connectivity index (χ3n) is 2.94. The zero-order valence-corrected chi connectivity index (χ0v) is 11.0. The highest BCUT2D eigenvalue weighted by Gasteiger charge is 2.15. The Morgan fingerprint density at radius 2 is 1.89 bits per heavy atom. The zero-order valence-electron chi connectivity index (χ0n) is 10.3. The van der Waals surface area contributed by atoms with Gasteiger partial charge in [0, 0.05) is 12.4 Å². The number of pyridine rings is 1. The molecule has 0 aliphatic heterocycles. The van der Waals surface area contributed by atoms with Gasteiger partial charge in [0.1, 0.15) is 0 Å². The van der Waals surface area contributed by atoms with Crippen LogP contribution in [0.1, 0.15) is 34.6 Å². The van der Waals surface area contributed by atoms with Crippen molar-refractivity contribution in [1.82, 2.24) is 4.98 Å². The molecule has 1 aromatic carbocycles. The highest BCUT2D eigenvalue weighted by Crippen LogP contribution is 2.31. The number of aryl methyl sites for hydroxylation is 1. The van der Waals surface area contributed by atoms with E-state index in [1.165, 1.54) is 5.56 Å². The molecule has 18 heavy (non-hydrogen) atoms. The Morgan fingerprint density at radius 1 is 1.17 bits per heavy atom. The van der Waals surface area contributed by atoms with E-state index in [9.17, 15) is 5.11 Å². The predicted molar refractivity (Wildman–Crippen MR) is 73.6 cm³/mol. The average Bonchev–Trinajstić information content (AvgIpc) is 2.40. The largest absolute Gasteiger partial charge is 0.388 e. The van der Waals surface area contributed by atoms with Crippen molar-refractivity contribution < 1.29 is 5.11 Å². The quantitative estimate of drug-likeness (QED) is 0.850. The van der Waals surface area contributed by atoms with Gasteiger partial charge in [-0.05, 0) is 30.5 Å². The molecular formula is C15H16ClNO. The van der Waals surface area contributed by atoms with Crippen LogP contribution in [0.15, 0.2) is 48.8 Å². The van der Waals surface area contributed by atoms with E-state index >= 15 is 0 Å². The summed E-state index contributed by atoms with van der Waals surface area (Å²) < 4.78 is 0. The Balaban J connectivity index is 2.03. The van der Waals surface area contributed by atoms with Crippen LogP contribution in [-0.4, -0.2) is 10.1 Å². The fourth-order valence-electron chi connectivity index (χ4n) is 1.82. The van der Waals surface area contributed by atoms with Crippen molar-refractivity contribution in [3.63, 3.8) is 0 Å². The first-order valence-electron chi connectivity index (χ1n) is 5.95. The molecule has 0 unspecified atom stereocenters. The monoisotopic (exact) mass is 261 g/mol. The van der Waals surface area contributed by atoms with Crippen LogP contribution in [0.2, 0.25) is 0 Å². The second kappa shape index (κ2) is 5.98. The average molecular weight is 262 g/mol. The van der Waals surface area contributed by atoms with Gasteiger partial charge in [0.25, 0.3) is 0 Å². The second-order valence-corrected chi connectivity index (χ2v) is 4.94. The van der Waals surface area contributed by atoms with Gasteiger partial charge < -0.3 is 5.11 Å². The summed E-state index contributed by atoms with van der Waals surface area (Å²) in [5, 5.41) is 9.89. The van der Waals surface area contributed by atoms with Gasteiger partial charge in [-0.15, -0.1) is 11.6 Å². The van der Waals surface area contributed by atoms with Crippen molar-refractivity contribution in [3.05, 3.63) is 65.5 Å². The number of rotatable bonds is 4. The van der Waals surface area contributed by atoms with Crippen LogP contribution in [0.25, 0.3) is 0 Å². The minimum Gasteiger partial charge on any atom is -0.388 e. The Bertz CT molecular complexity index is 484. The molecule has 0 saturated heterocycles. The van der Waals surface area contributed by atoms with Gasteiger partial charge in [-0.3, -0.25) is 4.98 Å². The van der Waals surface area contributed by atoms with Gasteiger partial charge in [-0.25, -0.2) is 0 Å². The Hall–Kier alpha value is -1.38. The molecule has 1 heterocycles. The minimum absolute atomic E-state index is 0.194. The molecule has 0 spiro atoms. The number of halogens is 1. The summed E-state index contributed by atoms with van der Waals surface area (Å²) in [6.07, 6.45) is 3.26. The van der Waals surface area contributed by atoms with Gasteiger partial charge in [0.15, 0.2) is 0 Å².